The van der Waals surface area contributed by atoms with E-state index in [4.69, 9.17) is 14.2 Å². The third-order valence-corrected chi connectivity index (χ3v) is 4.78. The van der Waals surface area contributed by atoms with E-state index in [9.17, 15) is 4.79 Å². The van der Waals surface area contributed by atoms with Gasteiger partial charge in [0.25, 0.3) is 0 Å². The lowest BCUT2D eigenvalue weighted by Crippen LogP contribution is -2.46. The predicted molar refractivity (Wildman–Crippen MR) is 117 cm³/mol. The number of aromatic nitrogens is 3. The second-order valence-corrected chi connectivity index (χ2v) is 6.74. The molecule has 30 heavy (non-hydrogen) atoms. The monoisotopic (exact) mass is 428 g/mol. The zero-order valence-electron chi connectivity index (χ0n) is 16.9. The van der Waals surface area contributed by atoms with E-state index in [-0.39, 0.29) is 32.1 Å². The van der Waals surface area contributed by atoms with Crippen LogP contribution in [0.2, 0.25) is 0 Å². The molecule has 3 aromatic rings. The van der Waals surface area contributed by atoms with Crippen molar-refractivity contribution in [2.75, 3.05) is 33.4 Å². The van der Waals surface area contributed by atoms with Gasteiger partial charge in [0.2, 0.25) is 11.8 Å². The summed E-state index contributed by atoms with van der Waals surface area (Å²) in [7, 11) is 1.63. The van der Waals surface area contributed by atoms with Crippen LogP contribution in [0.25, 0.3) is 22.3 Å². The minimum absolute atomic E-state index is 0. The molecule has 9 heteroatoms. The van der Waals surface area contributed by atoms with Crippen molar-refractivity contribution < 1.29 is 19.0 Å². The summed E-state index contributed by atoms with van der Waals surface area (Å²) in [6.45, 7) is 3.42. The van der Waals surface area contributed by atoms with Gasteiger partial charge < -0.3 is 19.1 Å². The summed E-state index contributed by atoms with van der Waals surface area (Å²) < 4.78 is 17.1. The molecule has 0 radical (unpaired) electrons. The van der Waals surface area contributed by atoms with Crippen LogP contribution >= 0.6 is 13.5 Å². The molecule has 1 amide bonds. The molecule has 1 fully saturated rings. The van der Waals surface area contributed by atoms with Crippen LogP contribution in [0.1, 0.15) is 6.92 Å². The van der Waals surface area contributed by atoms with E-state index < -0.39 is 0 Å². The van der Waals surface area contributed by atoms with E-state index in [0.29, 0.717) is 42.3 Å². The molecule has 1 aliphatic rings. The van der Waals surface area contributed by atoms with E-state index >= 15 is 0 Å². The van der Waals surface area contributed by atoms with Gasteiger partial charge >= 0.3 is 0 Å². The second-order valence-electron chi connectivity index (χ2n) is 6.74. The maximum Gasteiger partial charge on any atom is 0.242 e. The van der Waals surface area contributed by atoms with Crippen molar-refractivity contribution >= 4 is 30.4 Å². The summed E-state index contributed by atoms with van der Waals surface area (Å²) in [6, 6.07) is 9.51. The Morgan fingerprint density at radius 3 is 2.90 bits per heavy atom. The average molecular weight is 429 g/mol. The van der Waals surface area contributed by atoms with Crippen LogP contribution in [0.5, 0.6) is 11.6 Å². The number of carbonyl (C=O) groups is 1. The van der Waals surface area contributed by atoms with Gasteiger partial charge in [-0.25, -0.2) is 9.97 Å². The van der Waals surface area contributed by atoms with Crippen LogP contribution in [-0.2, 0) is 9.53 Å². The molecule has 1 atom stereocenters. The van der Waals surface area contributed by atoms with E-state index in [0.717, 1.165) is 11.3 Å². The summed E-state index contributed by atoms with van der Waals surface area (Å²) in [4.78, 5) is 26.8. The Morgan fingerprint density at radius 1 is 1.27 bits per heavy atom. The molecule has 158 valence electrons. The number of fused-ring (bicyclic) bond motifs is 1. The van der Waals surface area contributed by atoms with Crippen molar-refractivity contribution in [2.45, 2.75) is 13.0 Å². The molecular weight excluding hydrogens is 404 g/mol. The van der Waals surface area contributed by atoms with Crippen molar-refractivity contribution in [3.8, 4) is 22.9 Å². The number of carbonyl (C=O) groups excluding carboxylic acids is 1. The van der Waals surface area contributed by atoms with Crippen LogP contribution < -0.4 is 9.47 Å². The molecule has 0 unspecified atom stereocenters. The first kappa shape index (κ1) is 21.8. The smallest absolute Gasteiger partial charge is 0.242 e. The lowest BCUT2D eigenvalue weighted by Gasteiger charge is -2.32. The molecule has 0 saturated carbocycles. The van der Waals surface area contributed by atoms with E-state index in [1.54, 1.807) is 31.3 Å². The average Bonchev–Trinajstić information content (AvgIpc) is 2.77. The van der Waals surface area contributed by atoms with Crippen LogP contribution in [0.3, 0.4) is 0 Å². The topological polar surface area (TPSA) is 86.7 Å². The predicted octanol–water partition coefficient (Wildman–Crippen LogP) is 2.44. The molecule has 2 aromatic heterocycles. The summed E-state index contributed by atoms with van der Waals surface area (Å²) >= 11 is 0. The number of benzene rings is 1. The molecule has 0 spiro atoms. The van der Waals surface area contributed by atoms with E-state index in [2.05, 4.69) is 15.0 Å². The van der Waals surface area contributed by atoms with E-state index in [1.807, 2.05) is 30.3 Å². The third kappa shape index (κ3) is 4.80. The zero-order valence-corrected chi connectivity index (χ0v) is 17.9. The first-order valence-corrected chi connectivity index (χ1v) is 9.40. The van der Waals surface area contributed by atoms with Crippen LogP contribution in [0, 0.1) is 0 Å². The second kappa shape index (κ2) is 9.73. The highest BCUT2D eigenvalue weighted by Gasteiger charge is 2.23. The van der Waals surface area contributed by atoms with Crippen molar-refractivity contribution in [1.82, 2.24) is 19.9 Å². The maximum absolute atomic E-state index is 11.6. The minimum Gasteiger partial charge on any atom is -0.497 e. The number of amides is 1. The summed E-state index contributed by atoms with van der Waals surface area (Å²) in [5.41, 5.74) is 2.86. The summed E-state index contributed by atoms with van der Waals surface area (Å²) in [5.74, 6) is 1.16. The van der Waals surface area contributed by atoms with Crippen molar-refractivity contribution in [2.24, 2.45) is 0 Å². The number of rotatable bonds is 5. The van der Waals surface area contributed by atoms with Gasteiger partial charge in [0.1, 0.15) is 18.5 Å². The highest BCUT2D eigenvalue weighted by atomic mass is 32.1. The zero-order chi connectivity index (χ0) is 20.2. The first-order chi connectivity index (χ1) is 14.1. The first-order valence-electron chi connectivity index (χ1n) is 9.40. The molecule has 0 bridgehead atoms. The number of nitrogens with zero attached hydrogens (tertiary/aromatic N) is 4. The number of pyridine rings is 1. The van der Waals surface area contributed by atoms with Gasteiger partial charge in [-0.05, 0) is 18.2 Å². The van der Waals surface area contributed by atoms with Gasteiger partial charge in [0, 0.05) is 31.4 Å². The van der Waals surface area contributed by atoms with E-state index in [1.165, 1.54) is 0 Å². The fourth-order valence-corrected chi connectivity index (χ4v) is 3.25. The Kier molecular flexibility index (Phi) is 7.07. The minimum atomic E-state index is -0.221. The van der Waals surface area contributed by atoms with Gasteiger partial charge in [0.05, 0.1) is 31.5 Å². The lowest BCUT2D eigenvalue weighted by atomic mass is 10.1. The number of methoxy groups -OCH3 is 1. The Labute approximate surface area is 181 Å². The van der Waals surface area contributed by atoms with Gasteiger partial charge in [0.15, 0.2) is 5.52 Å². The van der Waals surface area contributed by atoms with Crippen molar-refractivity contribution in [3.05, 3.63) is 42.7 Å². The van der Waals surface area contributed by atoms with Crippen molar-refractivity contribution in [1.29, 1.82) is 0 Å². The number of hydrogen-bond acceptors (Lipinski definition) is 7. The number of hydrogen-bond donors (Lipinski definition) is 0. The van der Waals surface area contributed by atoms with Crippen LogP contribution in [-0.4, -0.2) is 65.3 Å². The molecule has 0 N–H and O–H groups in total. The SMILES string of the molecule is COc1cccc(-c2cc3nccnc3c(OC[C@@H]3CN(C(C)=O)CCO3)n2)c1.S. The van der Waals surface area contributed by atoms with Gasteiger partial charge in [-0.3, -0.25) is 9.78 Å². The number of ether oxygens (including phenoxy) is 3. The maximum atomic E-state index is 11.6. The summed E-state index contributed by atoms with van der Waals surface area (Å²) in [6.07, 6.45) is 3.02. The molecule has 8 nitrogen and oxygen atoms in total. The van der Waals surface area contributed by atoms with Gasteiger partial charge in [-0.15, -0.1) is 0 Å². The van der Waals surface area contributed by atoms with Gasteiger partial charge in [-0.2, -0.15) is 13.5 Å². The molecule has 1 saturated heterocycles. The molecule has 4 rings (SSSR count). The Balaban J connectivity index is 0.00000256. The van der Waals surface area contributed by atoms with Crippen LogP contribution in [0.15, 0.2) is 42.7 Å². The lowest BCUT2D eigenvalue weighted by molar-refractivity contribution is -0.137. The standard InChI is InChI=1S/C21H22N4O4.H2S/c1-14(26)25-8-9-28-17(12-25)13-29-21-20-19(22-6-7-23-20)11-18(24-21)15-4-3-5-16(10-15)27-2;/h3-7,10-11,17H,8-9,12-13H2,1-2H3;1H2/t17-;/m0./s1. The molecule has 1 aromatic carbocycles. The Morgan fingerprint density at radius 2 is 2.10 bits per heavy atom. The number of morpholine rings is 1. The Hall–Kier alpha value is -2.91. The largest absolute Gasteiger partial charge is 0.497 e. The highest BCUT2D eigenvalue weighted by molar-refractivity contribution is 7.59. The van der Waals surface area contributed by atoms with Crippen molar-refractivity contribution in [3.63, 3.8) is 0 Å². The normalized spacial score (nSPS) is 16.1. The highest BCUT2D eigenvalue weighted by Crippen LogP contribution is 2.29. The fraction of sp³-hybridized carbons (Fsp3) is 0.333. The Bertz CT molecular complexity index is 1030. The molecule has 3 heterocycles. The third-order valence-electron chi connectivity index (χ3n) is 4.78. The van der Waals surface area contributed by atoms with Crippen LogP contribution in [0.4, 0.5) is 0 Å². The quantitative estimate of drug-likeness (QED) is 0.617. The fourth-order valence-electron chi connectivity index (χ4n) is 3.25. The molecule has 0 aliphatic carbocycles. The molecule has 1 aliphatic heterocycles. The molecular formula is C21H24N4O4S. The van der Waals surface area contributed by atoms with Gasteiger partial charge in [-0.1, -0.05) is 12.1 Å². The summed E-state index contributed by atoms with van der Waals surface area (Å²) in [5, 5.41) is 0.